The first-order chi connectivity index (χ1) is 10.1. The molecule has 0 bridgehead atoms. The molecule has 0 saturated carbocycles. The lowest BCUT2D eigenvalue weighted by Gasteiger charge is -2.04. The molecule has 0 atom stereocenters. The summed E-state index contributed by atoms with van der Waals surface area (Å²) >= 11 is 5.89. The van der Waals surface area contributed by atoms with Gasteiger partial charge in [-0.2, -0.15) is 5.10 Å². The fourth-order valence-electron chi connectivity index (χ4n) is 2.19. The van der Waals surface area contributed by atoms with E-state index in [0.29, 0.717) is 22.8 Å². The molecule has 0 aliphatic carbocycles. The quantitative estimate of drug-likeness (QED) is 0.744. The molecule has 2 aromatic carbocycles. The van der Waals surface area contributed by atoms with E-state index >= 15 is 0 Å². The number of benzene rings is 2. The summed E-state index contributed by atoms with van der Waals surface area (Å²) in [4.78, 5) is 0. The molecule has 0 aliphatic heterocycles. The van der Waals surface area contributed by atoms with Gasteiger partial charge < -0.3 is 5.73 Å². The number of para-hydroxylation sites is 1. The van der Waals surface area contributed by atoms with Crippen molar-refractivity contribution in [2.24, 2.45) is 0 Å². The number of halogens is 2. The number of nitrogens with two attached hydrogens (primary N) is 1. The highest BCUT2D eigenvalue weighted by atomic mass is 35.5. The highest BCUT2D eigenvalue weighted by molar-refractivity contribution is 6.30. The van der Waals surface area contributed by atoms with Crippen LogP contribution in [0.3, 0.4) is 0 Å². The van der Waals surface area contributed by atoms with Crippen LogP contribution in [0, 0.1) is 5.82 Å². The molecule has 3 rings (SSSR count). The van der Waals surface area contributed by atoms with Gasteiger partial charge in [-0.3, -0.25) is 4.68 Å². The van der Waals surface area contributed by atoms with Gasteiger partial charge in [0.2, 0.25) is 0 Å². The Morgan fingerprint density at radius 3 is 2.81 bits per heavy atom. The summed E-state index contributed by atoms with van der Waals surface area (Å²) in [5.41, 5.74) is 8.94. The van der Waals surface area contributed by atoms with Crippen LogP contribution < -0.4 is 5.73 Å². The lowest BCUT2D eigenvalue weighted by molar-refractivity contribution is 0.585. The number of rotatable bonds is 3. The maximum Gasteiger partial charge on any atom is 0.128 e. The van der Waals surface area contributed by atoms with E-state index in [-0.39, 0.29) is 5.82 Å². The fraction of sp³-hybridized carbons (Fsp3) is 0.0625. The van der Waals surface area contributed by atoms with Gasteiger partial charge >= 0.3 is 0 Å². The number of hydrogen-bond donors (Lipinski definition) is 1. The molecule has 0 saturated heterocycles. The number of hydrogen-bond acceptors (Lipinski definition) is 2. The maximum atomic E-state index is 13.7. The van der Waals surface area contributed by atoms with E-state index in [0.717, 1.165) is 11.1 Å². The summed E-state index contributed by atoms with van der Waals surface area (Å²) < 4.78 is 15.4. The lowest BCUT2D eigenvalue weighted by Crippen LogP contribution is -2.02. The van der Waals surface area contributed by atoms with Crippen molar-refractivity contribution in [2.45, 2.75) is 6.54 Å². The van der Waals surface area contributed by atoms with Crippen molar-refractivity contribution in [3.63, 3.8) is 0 Å². The molecular weight excluding hydrogens is 289 g/mol. The highest BCUT2D eigenvalue weighted by Gasteiger charge is 2.08. The van der Waals surface area contributed by atoms with Gasteiger partial charge in [-0.25, -0.2) is 4.39 Å². The monoisotopic (exact) mass is 301 g/mol. The Balaban J connectivity index is 1.89. The van der Waals surface area contributed by atoms with E-state index in [1.54, 1.807) is 16.9 Å². The van der Waals surface area contributed by atoms with E-state index in [4.69, 9.17) is 17.3 Å². The van der Waals surface area contributed by atoms with Gasteiger partial charge in [0.25, 0.3) is 0 Å². The molecule has 0 radical (unpaired) electrons. The summed E-state index contributed by atoms with van der Waals surface area (Å²) in [5, 5.41) is 4.76. The summed E-state index contributed by atoms with van der Waals surface area (Å²) in [5.74, 6) is -0.296. The summed E-state index contributed by atoms with van der Waals surface area (Å²) in [7, 11) is 0. The minimum atomic E-state index is -0.296. The van der Waals surface area contributed by atoms with Crippen molar-refractivity contribution >= 4 is 17.3 Å². The fourth-order valence-corrected chi connectivity index (χ4v) is 2.38. The van der Waals surface area contributed by atoms with Crippen LogP contribution >= 0.6 is 11.6 Å². The molecule has 106 valence electrons. The Morgan fingerprint density at radius 1 is 1.19 bits per heavy atom. The zero-order valence-corrected chi connectivity index (χ0v) is 11.9. The number of anilines is 1. The first-order valence-electron chi connectivity index (χ1n) is 6.45. The van der Waals surface area contributed by atoms with Crippen LogP contribution in [-0.4, -0.2) is 9.78 Å². The first kappa shape index (κ1) is 13.6. The van der Waals surface area contributed by atoms with Gasteiger partial charge in [0, 0.05) is 33.6 Å². The lowest BCUT2D eigenvalue weighted by atomic mass is 10.1. The number of nitrogens with zero attached hydrogens (tertiary/aromatic N) is 2. The molecule has 0 unspecified atom stereocenters. The topological polar surface area (TPSA) is 43.8 Å². The molecule has 1 aromatic heterocycles. The van der Waals surface area contributed by atoms with Gasteiger partial charge in [0.1, 0.15) is 5.82 Å². The average Bonchev–Trinajstić information content (AvgIpc) is 2.92. The van der Waals surface area contributed by atoms with Crippen molar-refractivity contribution in [3.05, 3.63) is 71.3 Å². The first-order valence-corrected chi connectivity index (χ1v) is 6.82. The third kappa shape index (κ3) is 2.90. The minimum Gasteiger partial charge on any atom is -0.398 e. The number of aromatic nitrogens is 2. The molecule has 3 aromatic rings. The van der Waals surface area contributed by atoms with Crippen LogP contribution in [0.4, 0.5) is 10.1 Å². The zero-order chi connectivity index (χ0) is 14.8. The Morgan fingerprint density at radius 2 is 2.00 bits per heavy atom. The second-order valence-electron chi connectivity index (χ2n) is 4.75. The predicted octanol–water partition coefficient (Wildman–Crippen LogP) is 3.97. The molecule has 2 N–H and O–H groups in total. The summed E-state index contributed by atoms with van der Waals surface area (Å²) in [6.07, 6.45) is 3.56. The molecule has 3 nitrogen and oxygen atoms in total. The largest absolute Gasteiger partial charge is 0.398 e. The molecule has 0 aliphatic rings. The Kier molecular flexibility index (Phi) is 3.62. The molecule has 0 spiro atoms. The third-order valence-corrected chi connectivity index (χ3v) is 3.48. The van der Waals surface area contributed by atoms with Crippen LogP contribution in [0.5, 0.6) is 0 Å². The summed E-state index contributed by atoms with van der Waals surface area (Å²) in [6, 6.07) is 12.1. The van der Waals surface area contributed by atoms with Gasteiger partial charge in [-0.15, -0.1) is 0 Å². The molecular formula is C16H13ClFN3. The van der Waals surface area contributed by atoms with Crippen LogP contribution in [-0.2, 0) is 6.54 Å². The Bertz CT molecular complexity index is 783. The van der Waals surface area contributed by atoms with Crippen LogP contribution in [0.1, 0.15) is 5.56 Å². The molecule has 0 amide bonds. The molecule has 21 heavy (non-hydrogen) atoms. The van der Waals surface area contributed by atoms with Crippen LogP contribution in [0.25, 0.3) is 11.1 Å². The molecule has 0 fully saturated rings. The smallest absolute Gasteiger partial charge is 0.128 e. The van der Waals surface area contributed by atoms with E-state index in [1.165, 1.54) is 12.1 Å². The summed E-state index contributed by atoms with van der Waals surface area (Å²) in [6.45, 7) is 0.319. The Hall–Kier alpha value is -2.33. The van der Waals surface area contributed by atoms with Crippen molar-refractivity contribution in [3.8, 4) is 11.1 Å². The second-order valence-corrected chi connectivity index (χ2v) is 5.19. The Labute approximate surface area is 126 Å². The average molecular weight is 302 g/mol. The normalized spacial score (nSPS) is 10.8. The number of nitrogen functional groups attached to an aromatic ring is 1. The highest BCUT2D eigenvalue weighted by Crippen LogP contribution is 2.25. The zero-order valence-electron chi connectivity index (χ0n) is 11.1. The third-order valence-electron chi connectivity index (χ3n) is 3.25. The second kappa shape index (κ2) is 5.58. The maximum absolute atomic E-state index is 13.7. The van der Waals surface area contributed by atoms with Crippen LogP contribution in [0.15, 0.2) is 54.9 Å². The van der Waals surface area contributed by atoms with Crippen molar-refractivity contribution in [1.29, 1.82) is 0 Å². The van der Waals surface area contributed by atoms with Crippen molar-refractivity contribution in [2.75, 3.05) is 5.73 Å². The molecule has 1 heterocycles. The van der Waals surface area contributed by atoms with Crippen molar-refractivity contribution in [1.82, 2.24) is 9.78 Å². The van der Waals surface area contributed by atoms with Gasteiger partial charge in [-0.1, -0.05) is 29.8 Å². The van der Waals surface area contributed by atoms with Gasteiger partial charge in [0.05, 0.1) is 12.7 Å². The van der Waals surface area contributed by atoms with E-state index < -0.39 is 0 Å². The predicted molar refractivity (Wildman–Crippen MR) is 82.6 cm³/mol. The van der Waals surface area contributed by atoms with Crippen molar-refractivity contribution < 1.29 is 4.39 Å². The van der Waals surface area contributed by atoms with Crippen LogP contribution in [0.2, 0.25) is 5.02 Å². The molecule has 5 heteroatoms. The standard InChI is InChI=1S/C16H13ClFN3/c17-13-5-6-15(18)11(7-13)9-21-10-12(8-20-21)14-3-1-2-4-16(14)19/h1-8,10H,9,19H2. The van der Waals surface area contributed by atoms with E-state index in [9.17, 15) is 4.39 Å². The van der Waals surface area contributed by atoms with E-state index in [1.807, 2.05) is 30.5 Å². The van der Waals surface area contributed by atoms with E-state index in [2.05, 4.69) is 5.10 Å². The SMILES string of the molecule is Nc1ccccc1-c1cnn(Cc2cc(Cl)ccc2F)c1. The van der Waals surface area contributed by atoms with Gasteiger partial charge in [0.15, 0.2) is 0 Å². The minimum absolute atomic E-state index is 0.296. The van der Waals surface area contributed by atoms with Gasteiger partial charge in [-0.05, 0) is 24.3 Å².